The first-order chi connectivity index (χ1) is 12.9. The molecule has 27 heavy (non-hydrogen) atoms. The second kappa shape index (κ2) is 6.68. The molecule has 0 amide bonds. The lowest BCUT2D eigenvalue weighted by Crippen LogP contribution is -2.09. The Bertz CT molecular complexity index is 1140. The third kappa shape index (κ3) is 3.51. The van der Waals surface area contributed by atoms with Gasteiger partial charge < -0.3 is 8.92 Å². The minimum atomic E-state index is -3.97. The standard InChI is InChI=1S/C20H14O5S2/c1-13-4-7-16(8-5-13)27(22,23)25-14-6-9-17-18(11-14)24-19(20(17)21)12-15-3-2-10-26-15/h2-12H,1H3. The van der Waals surface area contributed by atoms with E-state index >= 15 is 0 Å². The minimum Gasteiger partial charge on any atom is -0.452 e. The number of hydrogen-bond donors (Lipinski definition) is 0. The molecule has 0 bridgehead atoms. The molecule has 0 saturated heterocycles. The lowest BCUT2D eigenvalue weighted by Gasteiger charge is -2.08. The number of hydrogen-bond acceptors (Lipinski definition) is 6. The first-order valence-corrected chi connectivity index (χ1v) is 10.3. The van der Waals surface area contributed by atoms with Crippen LogP contribution in [-0.4, -0.2) is 14.2 Å². The van der Waals surface area contributed by atoms with Crippen LogP contribution in [0.4, 0.5) is 0 Å². The Morgan fingerprint density at radius 3 is 2.56 bits per heavy atom. The van der Waals surface area contributed by atoms with Crippen molar-refractivity contribution in [3.05, 3.63) is 81.7 Å². The van der Waals surface area contributed by atoms with Crippen LogP contribution in [0, 0.1) is 6.92 Å². The molecule has 0 fully saturated rings. The zero-order valence-corrected chi connectivity index (χ0v) is 15.8. The monoisotopic (exact) mass is 398 g/mol. The Morgan fingerprint density at radius 1 is 1.07 bits per heavy atom. The van der Waals surface area contributed by atoms with E-state index in [9.17, 15) is 13.2 Å². The summed E-state index contributed by atoms with van der Waals surface area (Å²) in [4.78, 5) is 13.4. The number of allylic oxidation sites excluding steroid dienone is 1. The van der Waals surface area contributed by atoms with E-state index < -0.39 is 10.1 Å². The number of fused-ring (bicyclic) bond motifs is 1. The average molecular weight is 398 g/mol. The van der Waals surface area contributed by atoms with Crippen molar-refractivity contribution in [3.8, 4) is 11.5 Å². The SMILES string of the molecule is Cc1ccc(S(=O)(=O)Oc2ccc3c(c2)OC(=Cc2cccs2)C3=O)cc1. The highest BCUT2D eigenvalue weighted by molar-refractivity contribution is 7.87. The second-order valence-electron chi connectivity index (χ2n) is 5.96. The van der Waals surface area contributed by atoms with Crippen LogP contribution in [0.1, 0.15) is 20.8 Å². The summed E-state index contributed by atoms with van der Waals surface area (Å²) in [6, 6.07) is 14.5. The third-order valence-electron chi connectivity index (χ3n) is 3.97. The van der Waals surface area contributed by atoms with Gasteiger partial charge in [-0.15, -0.1) is 11.3 Å². The van der Waals surface area contributed by atoms with Crippen LogP contribution in [0.2, 0.25) is 0 Å². The Balaban J connectivity index is 1.60. The quantitative estimate of drug-likeness (QED) is 0.480. The maximum Gasteiger partial charge on any atom is 0.339 e. The van der Waals surface area contributed by atoms with Crippen molar-refractivity contribution in [3.63, 3.8) is 0 Å². The second-order valence-corrected chi connectivity index (χ2v) is 8.49. The van der Waals surface area contributed by atoms with Crippen molar-refractivity contribution in [1.29, 1.82) is 0 Å². The largest absolute Gasteiger partial charge is 0.452 e. The Morgan fingerprint density at radius 2 is 1.85 bits per heavy atom. The van der Waals surface area contributed by atoms with E-state index in [2.05, 4.69) is 0 Å². The van der Waals surface area contributed by atoms with Gasteiger partial charge in [0.25, 0.3) is 0 Å². The molecule has 2 aromatic carbocycles. The van der Waals surface area contributed by atoms with E-state index in [1.165, 1.54) is 41.7 Å². The molecular weight excluding hydrogens is 384 g/mol. The smallest absolute Gasteiger partial charge is 0.339 e. The Kier molecular flexibility index (Phi) is 4.33. The molecule has 0 atom stereocenters. The number of Topliss-reactive ketones (excluding diaryl/α,β-unsaturated/α-hetero) is 1. The highest BCUT2D eigenvalue weighted by atomic mass is 32.2. The average Bonchev–Trinajstić information content (AvgIpc) is 3.24. The van der Waals surface area contributed by atoms with Gasteiger partial charge in [0.1, 0.15) is 16.4 Å². The van der Waals surface area contributed by atoms with Gasteiger partial charge >= 0.3 is 10.1 Å². The number of rotatable bonds is 4. The molecule has 0 spiro atoms. The summed E-state index contributed by atoms with van der Waals surface area (Å²) in [5.74, 6) is 0.316. The molecule has 3 aromatic rings. The Labute approximate surface area is 160 Å². The lowest BCUT2D eigenvalue weighted by molar-refractivity contribution is 0.101. The topological polar surface area (TPSA) is 69.7 Å². The molecule has 136 valence electrons. The van der Waals surface area contributed by atoms with Crippen molar-refractivity contribution in [2.45, 2.75) is 11.8 Å². The first kappa shape index (κ1) is 17.5. The predicted octanol–water partition coefficient (Wildman–Crippen LogP) is 4.44. The summed E-state index contributed by atoms with van der Waals surface area (Å²) < 4.78 is 35.6. The molecule has 1 aromatic heterocycles. The summed E-state index contributed by atoms with van der Waals surface area (Å²) >= 11 is 1.49. The van der Waals surface area contributed by atoms with Gasteiger partial charge in [0.2, 0.25) is 5.78 Å². The molecule has 0 unspecified atom stereocenters. The van der Waals surface area contributed by atoms with Crippen molar-refractivity contribution >= 4 is 33.3 Å². The predicted molar refractivity (Wildman–Crippen MR) is 103 cm³/mol. The third-order valence-corrected chi connectivity index (χ3v) is 6.05. The molecule has 4 rings (SSSR count). The molecule has 0 aliphatic carbocycles. The summed E-state index contributed by atoms with van der Waals surface area (Å²) in [6.45, 7) is 1.87. The van der Waals surface area contributed by atoms with E-state index in [-0.39, 0.29) is 27.9 Å². The zero-order chi connectivity index (χ0) is 19.0. The molecule has 0 saturated carbocycles. The summed E-state index contributed by atoms with van der Waals surface area (Å²) in [6.07, 6.45) is 1.66. The highest BCUT2D eigenvalue weighted by Crippen LogP contribution is 2.36. The summed E-state index contributed by atoms with van der Waals surface area (Å²) in [7, 11) is -3.97. The molecule has 1 aliphatic rings. The van der Waals surface area contributed by atoms with Crippen LogP contribution in [0.5, 0.6) is 11.5 Å². The van der Waals surface area contributed by atoms with E-state index in [1.807, 2.05) is 24.4 Å². The van der Waals surface area contributed by atoms with Crippen molar-refractivity contribution in [2.75, 3.05) is 0 Å². The van der Waals surface area contributed by atoms with E-state index in [4.69, 9.17) is 8.92 Å². The van der Waals surface area contributed by atoms with Gasteiger partial charge in [0.05, 0.1) is 5.56 Å². The summed E-state index contributed by atoms with van der Waals surface area (Å²) in [5.41, 5.74) is 1.32. The highest BCUT2D eigenvalue weighted by Gasteiger charge is 2.28. The van der Waals surface area contributed by atoms with Crippen LogP contribution in [0.3, 0.4) is 0 Å². The number of thiophene rings is 1. The van der Waals surface area contributed by atoms with Gasteiger partial charge in [0, 0.05) is 17.0 Å². The molecular formula is C20H14O5S2. The first-order valence-electron chi connectivity index (χ1n) is 8.05. The molecule has 0 N–H and O–H groups in total. The fraction of sp³-hybridized carbons (Fsp3) is 0.0500. The van der Waals surface area contributed by atoms with Gasteiger partial charge in [-0.25, -0.2) is 0 Å². The van der Waals surface area contributed by atoms with Crippen LogP contribution in [-0.2, 0) is 10.1 Å². The number of ketones is 1. The van der Waals surface area contributed by atoms with Crippen LogP contribution >= 0.6 is 11.3 Å². The summed E-state index contributed by atoms with van der Waals surface area (Å²) in [5, 5.41) is 1.90. The minimum absolute atomic E-state index is 0.0591. The van der Waals surface area contributed by atoms with Gasteiger partial charge in [-0.3, -0.25) is 4.79 Å². The fourth-order valence-electron chi connectivity index (χ4n) is 2.60. The van der Waals surface area contributed by atoms with E-state index in [0.717, 1.165) is 10.4 Å². The molecule has 1 aliphatic heterocycles. The van der Waals surface area contributed by atoms with Crippen LogP contribution in [0.25, 0.3) is 6.08 Å². The van der Waals surface area contributed by atoms with Crippen molar-refractivity contribution < 1.29 is 22.1 Å². The maximum absolute atomic E-state index is 12.4. The molecule has 0 radical (unpaired) electrons. The lowest BCUT2D eigenvalue weighted by atomic mass is 10.1. The van der Waals surface area contributed by atoms with Gasteiger partial charge in [-0.2, -0.15) is 8.42 Å². The van der Waals surface area contributed by atoms with Gasteiger partial charge in [-0.05, 0) is 42.6 Å². The van der Waals surface area contributed by atoms with Gasteiger partial charge in [-0.1, -0.05) is 23.8 Å². The number of aryl methyl sites for hydroxylation is 1. The number of benzene rings is 2. The van der Waals surface area contributed by atoms with E-state index in [0.29, 0.717) is 5.56 Å². The van der Waals surface area contributed by atoms with Crippen molar-refractivity contribution in [2.24, 2.45) is 0 Å². The van der Waals surface area contributed by atoms with E-state index in [1.54, 1.807) is 18.2 Å². The fourth-order valence-corrected chi connectivity index (χ4v) is 4.17. The molecule has 5 nitrogen and oxygen atoms in total. The normalized spacial score (nSPS) is 14.9. The molecule has 7 heteroatoms. The Hall–Kier alpha value is -2.90. The number of carbonyl (C=O) groups is 1. The zero-order valence-electron chi connectivity index (χ0n) is 14.2. The van der Waals surface area contributed by atoms with Crippen LogP contribution < -0.4 is 8.92 Å². The molecule has 2 heterocycles. The van der Waals surface area contributed by atoms with Crippen molar-refractivity contribution in [1.82, 2.24) is 0 Å². The van der Waals surface area contributed by atoms with Gasteiger partial charge in [0.15, 0.2) is 5.76 Å². The van der Waals surface area contributed by atoms with Crippen LogP contribution in [0.15, 0.2) is 70.6 Å². The maximum atomic E-state index is 12.4. The number of carbonyl (C=O) groups excluding carboxylic acids is 1. The number of ether oxygens (including phenoxy) is 1.